The van der Waals surface area contributed by atoms with Gasteiger partial charge in [0, 0.05) is 17.8 Å². The first-order valence-corrected chi connectivity index (χ1v) is 9.93. The van der Waals surface area contributed by atoms with Crippen LogP contribution < -0.4 is 4.72 Å². The van der Waals surface area contributed by atoms with Crippen molar-refractivity contribution in [3.63, 3.8) is 0 Å². The van der Waals surface area contributed by atoms with E-state index in [9.17, 15) is 22.0 Å². The van der Waals surface area contributed by atoms with Crippen molar-refractivity contribution in [1.82, 2.24) is 9.97 Å². The zero-order chi connectivity index (χ0) is 19.8. The van der Waals surface area contributed by atoms with E-state index >= 15 is 0 Å². The number of H-pyrrole nitrogens is 1. The van der Waals surface area contributed by atoms with E-state index in [1.807, 2.05) is 4.72 Å². The van der Waals surface area contributed by atoms with Crippen LogP contribution in [-0.4, -0.2) is 29.9 Å². The highest BCUT2D eigenvalue weighted by molar-refractivity contribution is 7.92. The first-order chi connectivity index (χ1) is 12.7. The molecule has 10 heteroatoms. The summed E-state index contributed by atoms with van der Waals surface area (Å²) in [5.74, 6) is -3.64. The third kappa shape index (κ3) is 3.65. The molecule has 0 atom stereocenters. The number of aromatic amines is 1. The number of carbonyl (C=O) groups is 1. The molecule has 3 aromatic rings. The van der Waals surface area contributed by atoms with Gasteiger partial charge in [0.15, 0.2) is 5.82 Å². The van der Waals surface area contributed by atoms with Gasteiger partial charge in [0.1, 0.15) is 11.5 Å². The normalized spacial score (nSPS) is 11.7. The van der Waals surface area contributed by atoms with Crippen molar-refractivity contribution >= 4 is 44.1 Å². The van der Waals surface area contributed by atoms with Gasteiger partial charge in [-0.2, -0.15) is 0 Å². The summed E-state index contributed by atoms with van der Waals surface area (Å²) in [6.07, 6.45) is 2.98. The molecule has 0 fully saturated rings. The summed E-state index contributed by atoms with van der Waals surface area (Å²) in [7, 11) is -3.82. The van der Waals surface area contributed by atoms with Crippen LogP contribution in [0.2, 0.25) is 5.02 Å². The third-order valence-corrected chi connectivity index (χ3v) is 5.62. The Labute approximate surface area is 158 Å². The van der Waals surface area contributed by atoms with Crippen LogP contribution in [0, 0.1) is 11.6 Å². The van der Waals surface area contributed by atoms with Crippen molar-refractivity contribution in [2.75, 3.05) is 10.5 Å². The molecule has 0 radical (unpaired) electrons. The lowest BCUT2D eigenvalue weighted by Crippen LogP contribution is -2.18. The fourth-order valence-corrected chi connectivity index (χ4v) is 4.04. The number of sulfonamides is 1. The van der Waals surface area contributed by atoms with Gasteiger partial charge in [-0.3, -0.25) is 9.52 Å². The molecule has 6 nitrogen and oxygen atoms in total. The lowest BCUT2D eigenvalue weighted by atomic mass is 10.0. The van der Waals surface area contributed by atoms with E-state index in [4.69, 9.17) is 11.6 Å². The fourth-order valence-electron chi connectivity index (χ4n) is 2.66. The molecule has 2 N–H and O–H groups in total. The van der Waals surface area contributed by atoms with E-state index in [1.165, 1.54) is 18.5 Å². The highest BCUT2D eigenvalue weighted by Gasteiger charge is 2.26. The first kappa shape index (κ1) is 19.2. The van der Waals surface area contributed by atoms with Crippen molar-refractivity contribution in [2.24, 2.45) is 0 Å². The van der Waals surface area contributed by atoms with Gasteiger partial charge in [0.25, 0.3) is 0 Å². The average Bonchev–Trinajstić information content (AvgIpc) is 3.03. The summed E-state index contributed by atoms with van der Waals surface area (Å²) < 4.78 is 54.9. The smallest absolute Gasteiger partial charge is 0.232 e. The molecule has 0 aliphatic rings. The van der Waals surface area contributed by atoms with Crippen LogP contribution in [0.25, 0.3) is 11.0 Å². The molecule has 0 aliphatic heterocycles. The number of nitrogens with one attached hydrogen (secondary N) is 2. The number of rotatable bonds is 6. The van der Waals surface area contributed by atoms with E-state index in [1.54, 1.807) is 6.92 Å². The largest absolute Gasteiger partial charge is 0.345 e. The molecule has 0 saturated heterocycles. The highest BCUT2D eigenvalue weighted by Crippen LogP contribution is 2.30. The molecule has 0 spiro atoms. The van der Waals surface area contributed by atoms with Gasteiger partial charge in [-0.25, -0.2) is 22.2 Å². The van der Waals surface area contributed by atoms with Gasteiger partial charge in [0.05, 0.1) is 27.6 Å². The number of benzene rings is 1. The van der Waals surface area contributed by atoms with Crippen LogP contribution in [-0.2, 0) is 10.0 Å². The Morgan fingerprint density at radius 1 is 1.30 bits per heavy atom. The number of hydrogen-bond donors (Lipinski definition) is 2. The van der Waals surface area contributed by atoms with Crippen LogP contribution in [0.1, 0.15) is 29.3 Å². The van der Waals surface area contributed by atoms with Gasteiger partial charge in [-0.05, 0) is 24.6 Å². The number of hydrogen-bond acceptors (Lipinski definition) is 4. The second kappa shape index (κ2) is 7.24. The second-order valence-corrected chi connectivity index (χ2v) is 8.00. The minimum atomic E-state index is -3.82. The van der Waals surface area contributed by atoms with Crippen molar-refractivity contribution in [3.05, 3.63) is 58.4 Å². The fraction of sp³-hybridized carbons (Fsp3) is 0.176. The number of aromatic nitrogens is 2. The van der Waals surface area contributed by atoms with Gasteiger partial charge in [-0.15, -0.1) is 0 Å². The van der Waals surface area contributed by atoms with E-state index in [0.29, 0.717) is 6.42 Å². The molecule has 27 heavy (non-hydrogen) atoms. The summed E-state index contributed by atoms with van der Waals surface area (Å²) in [5, 5.41) is 0.408. The Kier molecular flexibility index (Phi) is 5.16. The summed E-state index contributed by atoms with van der Waals surface area (Å²) in [6.45, 7) is 1.64. The Morgan fingerprint density at radius 2 is 2.04 bits per heavy atom. The molecule has 2 aromatic heterocycles. The number of anilines is 1. The SMILES string of the molecule is CCCS(=O)(=O)Nc1ccc(F)c(C(=O)c2c[nH]c3nccc(Cl)c23)c1F. The summed E-state index contributed by atoms with van der Waals surface area (Å²) in [6, 6.07) is 3.20. The van der Waals surface area contributed by atoms with E-state index in [-0.39, 0.29) is 27.4 Å². The molecule has 1 aromatic carbocycles. The Bertz CT molecular complexity index is 1150. The van der Waals surface area contributed by atoms with Gasteiger partial charge < -0.3 is 4.98 Å². The van der Waals surface area contributed by atoms with Crippen LogP contribution in [0.4, 0.5) is 14.5 Å². The van der Waals surface area contributed by atoms with Gasteiger partial charge >= 0.3 is 0 Å². The van der Waals surface area contributed by atoms with Crippen molar-refractivity contribution in [1.29, 1.82) is 0 Å². The second-order valence-electron chi connectivity index (χ2n) is 5.75. The van der Waals surface area contributed by atoms with Crippen LogP contribution >= 0.6 is 11.6 Å². The topological polar surface area (TPSA) is 91.9 Å². The van der Waals surface area contributed by atoms with Crippen LogP contribution in [0.5, 0.6) is 0 Å². The maximum absolute atomic E-state index is 14.8. The van der Waals surface area contributed by atoms with E-state index in [0.717, 1.165) is 12.1 Å². The molecule has 3 rings (SSSR count). The Hall–Kier alpha value is -2.52. The molecule has 0 aliphatic carbocycles. The first-order valence-electron chi connectivity index (χ1n) is 7.90. The molecule has 0 bridgehead atoms. The minimum absolute atomic E-state index is 0.0746. The number of nitrogens with zero attached hydrogens (tertiary/aromatic N) is 1. The highest BCUT2D eigenvalue weighted by atomic mass is 35.5. The zero-order valence-corrected chi connectivity index (χ0v) is 15.6. The molecule has 0 unspecified atom stereocenters. The molecule has 142 valence electrons. The third-order valence-electron chi connectivity index (χ3n) is 3.82. The molecular weight excluding hydrogens is 400 g/mol. The number of pyridine rings is 1. The lowest BCUT2D eigenvalue weighted by molar-refractivity contribution is 0.103. The monoisotopic (exact) mass is 413 g/mol. The Balaban J connectivity index is 2.11. The molecule has 2 heterocycles. The van der Waals surface area contributed by atoms with E-state index < -0.39 is 38.7 Å². The maximum atomic E-state index is 14.8. The number of fused-ring (bicyclic) bond motifs is 1. The predicted octanol–water partition coefficient (Wildman–Crippen LogP) is 3.88. The summed E-state index contributed by atoms with van der Waals surface area (Å²) in [5.41, 5.74) is -1.18. The van der Waals surface area contributed by atoms with Crippen LogP contribution in [0.15, 0.2) is 30.6 Å². The predicted molar refractivity (Wildman–Crippen MR) is 98.6 cm³/mol. The maximum Gasteiger partial charge on any atom is 0.232 e. The van der Waals surface area contributed by atoms with Crippen molar-refractivity contribution in [3.8, 4) is 0 Å². The van der Waals surface area contributed by atoms with Crippen molar-refractivity contribution in [2.45, 2.75) is 13.3 Å². The van der Waals surface area contributed by atoms with Crippen LogP contribution in [0.3, 0.4) is 0 Å². The molecule has 0 saturated carbocycles. The molecular formula is C17H14ClF2N3O3S. The lowest BCUT2D eigenvalue weighted by Gasteiger charge is -2.11. The minimum Gasteiger partial charge on any atom is -0.345 e. The van der Waals surface area contributed by atoms with E-state index in [2.05, 4.69) is 9.97 Å². The summed E-state index contributed by atoms with van der Waals surface area (Å²) >= 11 is 6.08. The quantitative estimate of drug-likeness (QED) is 0.600. The Morgan fingerprint density at radius 3 is 2.74 bits per heavy atom. The number of halogens is 3. The standard InChI is InChI=1S/C17H14ClF2N3O3S/c1-2-7-27(25,26)23-12-4-3-11(19)14(15(12)20)16(24)9-8-22-17-13(9)10(18)5-6-21-17/h3-6,8,23H,2,7H2,1H3,(H,21,22). The van der Waals surface area contributed by atoms with Gasteiger partial charge in [-0.1, -0.05) is 18.5 Å². The average molecular weight is 414 g/mol. The van der Waals surface area contributed by atoms with Gasteiger partial charge in [0.2, 0.25) is 15.8 Å². The zero-order valence-electron chi connectivity index (χ0n) is 14.0. The van der Waals surface area contributed by atoms with Crippen molar-refractivity contribution < 1.29 is 22.0 Å². The molecule has 0 amide bonds. The summed E-state index contributed by atoms with van der Waals surface area (Å²) in [4.78, 5) is 19.5. The number of carbonyl (C=O) groups excluding carboxylic acids is 1. The number of ketones is 1.